The van der Waals surface area contributed by atoms with Gasteiger partial charge in [0, 0.05) is 6.08 Å². The van der Waals surface area contributed by atoms with Crippen molar-refractivity contribution < 1.29 is 37.7 Å². The smallest absolute Gasteiger partial charge is 0.330 e. The zero-order valence-electron chi connectivity index (χ0n) is 32.7. The fraction of sp³-hybridized carbons (Fsp3) is 0.213. The fourth-order valence-electron chi connectivity index (χ4n) is 6.03. The summed E-state index contributed by atoms with van der Waals surface area (Å²) in [7, 11) is 0. The molecule has 1 amide bonds. The predicted octanol–water partition coefficient (Wildman–Crippen LogP) is 10.2. The zero-order chi connectivity index (χ0) is 41.6. The highest BCUT2D eigenvalue weighted by atomic mass is 32.1. The number of aryl methyl sites for hydroxylation is 2. The normalized spacial score (nSPS) is 11.1. The van der Waals surface area contributed by atoms with Gasteiger partial charge in [-0.05, 0) is 116 Å². The lowest BCUT2D eigenvalue weighted by atomic mass is 10.0. The minimum atomic E-state index is -0.648. The summed E-state index contributed by atoms with van der Waals surface area (Å²) >= 11 is 1.26. The van der Waals surface area contributed by atoms with Gasteiger partial charge in [-0.1, -0.05) is 78.6 Å². The van der Waals surface area contributed by atoms with Crippen LogP contribution in [0.5, 0.6) is 17.2 Å². The lowest BCUT2D eigenvalue weighted by Gasteiger charge is -2.15. The second-order valence-electron chi connectivity index (χ2n) is 13.6. The molecule has 0 saturated carbocycles. The average molecular weight is 814 g/mol. The number of hydrazone groups is 1. The standard InChI is InChI=1S/C47H44FN3O7S/c1-4-43(52)51(47-50-40-12-8-9-13-42(40)59-47)49-30-39-41(24-19-34(46(39)48)20-25-45(54)58-37-21-14-32(3)15-22-37)57-31-33-16-17-36-29-38(23-18-35(36)28-33)55-26-10-6-7-11-27-56-44(53)5-2/h4-5,8-9,12-19,21-24,28-30H,1-2,6-7,10-11,20,25-27,31H2,3H3/b49-30+. The number of anilines is 1. The number of hydrogen-bond acceptors (Lipinski definition) is 10. The van der Waals surface area contributed by atoms with Crippen molar-refractivity contribution >= 4 is 61.5 Å². The molecule has 0 aliphatic carbocycles. The van der Waals surface area contributed by atoms with E-state index in [2.05, 4.69) is 23.2 Å². The van der Waals surface area contributed by atoms with Crippen molar-refractivity contribution in [3.05, 3.63) is 150 Å². The minimum Gasteiger partial charge on any atom is -0.494 e. The number of hydrogen-bond donors (Lipinski definition) is 0. The SMILES string of the molecule is C=CC(=O)OCCCCCCOc1ccc2cc(COc3ccc(CCC(=O)Oc4ccc(C)cc4)c(F)c3/C=N/N(C(=O)C=C)c3nc4ccccc4s3)ccc2c1. The molecule has 1 aromatic heterocycles. The van der Waals surface area contributed by atoms with E-state index in [9.17, 15) is 14.4 Å². The van der Waals surface area contributed by atoms with Gasteiger partial charge in [-0.2, -0.15) is 10.1 Å². The first-order valence-corrected chi connectivity index (χ1v) is 20.0. The van der Waals surface area contributed by atoms with Crippen molar-refractivity contribution in [2.45, 2.75) is 52.1 Å². The quantitative estimate of drug-likeness (QED) is 0.0187. The van der Waals surface area contributed by atoms with Crippen LogP contribution < -0.4 is 19.2 Å². The van der Waals surface area contributed by atoms with Crippen LogP contribution in [0.1, 0.15) is 54.4 Å². The molecule has 0 bridgehead atoms. The number of benzene rings is 5. The fourth-order valence-corrected chi connectivity index (χ4v) is 6.96. The summed E-state index contributed by atoms with van der Waals surface area (Å²) in [4.78, 5) is 41.4. The van der Waals surface area contributed by atoms with Crippen LogP contribution in [0.15, 0.2) is 127 Å². The van der Waals surface area contributed by atoms with Gasteiger partial charge >= 0.3 is 11.9 Å². The molecule has 0 aliphatic rings. The Bertz CT molecular complexity index is 2450. The Morgan fingerprint density at radius 1 is 0.831 bits per heavy atom. The first kappa shape index (κ1) is 42.0. The minimum absolute atomic E-state index is 0.00363. The maximum Gasteiger partial charge on any atom is 0.330 e. The second kappa shape index (κ2) is 20.7. The molecule has 0 fully saturated rings. The molecule has 6 rings (SSSR count). The molecular weight excluding hydrogens is 770 g/mol. The van der Waals surface area contributed by atoms with E-state index in [4.69, 9.17) is 18.9 Å². The van der Waals surface area contributed by atoms with Crippen LogP contribution in [-0.4, -0.2) is 42.3 Å². The van der Waals surface area contributed by atoms with E-state index in [0.717, 1.165) is 75.2 Å². The van der Waals surface area contributed by atoms with Gasteiger partial charge in [0.2, 0.25) is 5.13 Å². The molecule has 10 nitrogen and oxygen atoms in total. The highest BCUT2D eigenvalue weighted by Gasteiger charge is 2.20. The number of unbranched alkanes of at least 4 members (excludes halogenated alkanes) is 3. The Morgan fingerprint density at radius 2 is 1.58 bits per heavy atom. The molecule has 0 saturated heterocycles. The summed E-state index contributed by atoms with van der Waals surface area (Å²) in [5.41, 5.74) is 2.80. The Labute approximate surface area is 346 Å². The third kappa shape index (κ3) is 11.7. The van der Waals surface area contributed by atoms with Crippen LogP contribution in [0.3, 0.4) is 0 Å². The van der Waals surface area contributed by atoms with E-state index in [-0.39, 0.29) is 41.5 Å². The van der Waals surface area contributed by atoms with Crippen LogP contribution in [-0.2, 0) is 32.1 Å². The van der Waals surface area contributed by atoms with Gasteiger partial charge in [0.15, 0.2) is 0 Å². The summed E-state index contributed by atoms with van der Waals surface area (Å²) in [6.07, 6.45) is 7.05. The molecule has 6 aromatic rings. The monoisotopic (exact) mass is 813 g/mol. The van der Waals surface area contributed by atoms with Gasteiger partial charge in [-0.25, -0.2) is 14.2 Å². The number of fused-ring (bicyclic) bond motifs is 2. The number of nitrogens with zero attached hydrogens (tertiary/aromatic N) is 3. The number of thiazole rings is 1. The highest BCUT2D eigenvalue weighted by Crippen LogP contribution is 2.31. The number of esters is 2. The number of carbonyl (C=O) groups is 3. The van der Waals surface area contributed by atoms with Gasteiger partial charge in [-0.3, -0.25) is 9.59 Å². The van der Waals surface area contributed by atoms with Crippen LogP contribution >= 0.6 is 11.3 Å². The number of amides is 1. The number of carbonyl (C=O) groups excluding carboxylic acids is 3. The van der Waals surface area contributed by atoms with E-state index in [1.54, 1.807) is 24.3 Å². The molecule has 5 aromatic carbocycles. The van der Waals surface area contributed by atoms with E-state index in [0.29, 0.717) is 24.5 Å². The molecule has 0 N–H and O–H groups in total. The van der Waals surface area contributed by atoms with Crippen molar-refractivity contribution in [3.63, 3.8) is 0 Å². The second-order valence-corrected chi connectivity index (χ2v) is 14.6. The summed E-state index contributed by atoms with van der Waals surface area (Å²) < 4.78 is 40.0. The number of rotatable bonds is 20. The predicted molar refractivity (Wildman–Crippen MR) is 230 cm³/mol. The van der Waals surface area contributed by atoms with Crippen molar-refractivity contribution in [3.8, 4) is 17.2 Å². The van der Waals surface area contributed by atoms with E-state index in [1.165, 1.54) is 17.6 Å². The van der Waals surface area contributed by atoms with Crippen LogP contribution in [0.2, 0.25) is 0 Å². The van der Waals surface area contributed by atoms with Crippen molar-refractivity contribution in [1.82, 2.24) is 4.98 Å². The maximum atomic E-state index is 16.5. The first-order chi connectivity index (χ1) is 28.7. The lowest BCUT2D eigenvalue weighted by Crippen LogP contribution is -2.23. The zero-order valence-corrected chi connectivity index (χ0v) is 33.5. The molecular formula is C47H44FN3O7S. The number of halogens is 1. The molecule has 0 aliphatic heterocycles. The summed E-state index contributed by atoms with van der Waals surface area (Å²) in [6, 6.07) is 29.5. The van der Waals surface area contributed by atoms with E-state index >= 15 is 4.39 Å². The number of para-hydroxylation sites is 1. The topological polar surface area (TPSA) is 117 Å². The largest absolute Gasteiger partial charge is 0.494 e. The number of aromatic nitrogens is 1. The first-order valence-electron chi connectivity index (χ1n) is 19.2. The van der Waals surface area contributed by atoms with Gasteiger partial charge in [0.25, 0.3) is 5.91 Å². The third-order valence-corrected chi connectivity index (χ3v) is 10.2. The summed E-state index contributed by atoms with van der Waals surface area (Å²) in [5, 5.41) is 7.72. The lowest BCUT2D eigenvalue weighted by molar-refractivity contribution is -0.138. The van der Waals surface area contributed by atoms with Crippen molar-refractivity contribution in [1.29, 1.82) is 0 Å². The Morgan fingerprint density at radius 3 is 2.36 bits per heavy atom. The van der Waals surface area contributed by atoms with Gasteiger partial charge in [0.1, 0.15) is 29.7 Å². The Balaban J connectivity index is 1.15. The van der Waals surface area contributed by atoms with Gasteiger partial charge in [-0.15, -0.1) is 0 Å². The van der Waals surface area contributed by atoms with Crippen LogP contribution in [0.4, 0.5) is 9.52 Å². The Kier molecular flexibility index (Phi) is 14.7. The highest BCUT2D eigenvalue weighted by molar-refractivity contribution is 7.22. The average Bonchev–Trinajstić information content (AvgIpc) is 3.68. The molecule has 0 spiro atoms. The summed E-state index contributed by atoms with van der Waals surface area (Å²) in [5.74, 6) is -0.746. The van der Waals surface area contributed by atoms with Crippen LogP contribution in [0, 0.1) is 12.7 Å². The maximum absolute atomic E-state index is 16.5. The molecule has 0 unspecified atom stereocenters. The molecule has 12 heteroatoms. The molecule has 59 heavy (non-hydrogen) atoms. The van der Waals surface area contributed by atoms with E-state index in [1.807, 2.05) is 79.7 Å². The van der Waals surface area contributed by atoms with Crippen molar-refractivity contribution in [2.75, 3.05) is 18.2 Å². The van der Waals surface area contributed by atoms with Crippen molar-refractivity contribution in [2.24, 2.45) is 5.10 Å². The molecule has 302 valence electrons. The third-order valence-electron chi connectivity index (χ3n) is 9.21. The molecule has 0 atom stereocenters. The molecule has 0 radical (unpaired) electrons. The summed E-state index contributed by atoms with van der Waals surface area (Å²) in [6.45, 7) is 10.0. The van der Waals surface area contributed by atoms with Crippen LogP contribution in [0.25, 0.3) is 21.0 Å². The van der Waals surface area contributed by atoms with Gasteiger partial charge < -0.3 is 18.9 Å². The van der Waals surface area contributed by atoms with E-state index < -0.39 is 23.7 Å². The van der Waals surface area contributed by atoms with Gasteiger partial charge in [0.05, 0.1) is 41.6 Å². The number of ether oxygens (including phenoxy) is 4. The Hall–Kier alpha value is -6.66. The molecule has 1 heterocycles.